The third-order valence-electron chi connectivity index (χ3n) is 2.77. The third kappa shape index (κ3) is 5.36. The summed E-state index contributed by atoms with van der Waals surface area (Å²) in [6, 6.07) is 5.47. The molecule has 0 saturated carbocycles. The van der Waals surface area contributed by atoms with Crippen LogP contribution in [0.1, 0.15) is 32.4 Å². The van der Waals surface area contributed by atoms with Crippen LogP contribution in [0.4, 0.5) is 0 Å². The van der Waals surface area contributed by atoms with Gasteiger partial charge in [-0.25, -0.2) is 0 Å². The van der Waals surface area contributed by atoms with Gasteiger partial charge in [-0.1, -0.05) is 6.07 Å². The summed E-state index contributed by atoms with van der Waals surface area (Å²) in [5.41, 5.74) is 6.79. The first-order valence-electron chi connectivity index (χ1n) is 6.80. The van der Waals surface area contributed by atoms with E-state index in [4.69, 9.17) is 19.9 Å². The highest BCUT2D eigenvalue weighted by Gasteiger charge is 2.11. The Morgan fingerprint density at radius 1 is 1.15 bits per heavy atom. The van der Waals surface area contributed by atoms with E-state index in [-0.39, 0.29) is 25.4 Å². The molecule has 20 heavy (non-hydrogen) atoms. The quantitative estimate of drug-likeness (QED) is 0.762. The Hall–Kier alpha value is -1.30. The van der Waals surface area contributed by atoms with Crippen LogP contribution >= 0.6 is 0 Å². The summed E-state index contributed by atoms with van der Waals surface area (Å²) in [5, 5.41) is 9.75. The Kier molecular flexibility index (Phi) is 6.78. The average Bonchev–Trinajstić information content (AvgIpc) is 2.42. The molecule has 0 aliphatic heterocycles. The number of rotatable bonds is 8. The maximum atomic E-state index is 9.75. The fraction of sp³-hybridized carbons (Fsp3) is 0.600. The van der Waals surface area contributed by atoms with Gasteiger partial charge in [0.1, 0.15) is 12.7 Å². The van der Waals surface area contributed by atoms with Crippen molar-refractivity contribution >= 4 is 0 Å². The summed E-state index contributed by atoms with van der Waals surface area (Å²) >= 11 is 0. The zero-order chi connectivity index (χ0) is 15.1. The lowest BCUT2D eigenvalue weighted by Crippen LogP contribution is -2.25. The van der Waals surface area contributed by atoms with Crippen LogP contribution in [0.5, 0.6) is 11.5 Å². The predicted octanol–water partition coefficient (Wildman–Crippen LogP) is 1.88. The molecular formula is C15H25NO4. The minimum absolute atomic E-state index is 0.0667. The molecule has 0 heterocycles. The Labute approximate surface area is 120 Å². The SMILES string of the molecule is COc1cc([C@H](C)N)ccc1OCC(O)COC(C)C. The van der Waals surface area contributed by atoms with Crippen molar-refractivity contribution in [3.8, 4) is 11.5 Å². The predicted molar refractivity (Wildman–Crippen MR) is 78.2 cm³/mol. The van der Waals surface area contributed by atoms with Crippen molar-refractivity contribution in [3.05, 3.63) is 23.8 Å². The molecule has 1 aromatic rings. The van der Waals surface area contributed by atoms with Crippen molar-refractivity contribution in [3.63, 3.8) is 0 Å². The van der Waals surface area contributed by atoms with Crippen LogP contribution in [0.2, 0.25) is 0 Å². The Morgan fingerprint density at radius 2 is 1.85 bits per heavy atom. The van der Waals surface area contributed by atoms with Gasteiger partial charge < -0.3 is 25.1 Å². The number of aliphatic hydroxyl groups is 1. The van der Waals surface area contributed by atoms with Crippen LogP contribution in [0.25, 0.3) is 0 Å². The first-order chi connectivity index (χ1) is 9.43. The van der Waals surface area contributed by atoms with E-state index < -0.39 is 6.10 Å². The molecule has 0 spiro atoms. The van der Waals surface area contributed by atoms with Gasteiger partial charge in [0, 0.05) is 6.04 Å². The lowest BCUT2D eigenvalue weighted by atomic mass is 10.1. The van der Waals surface area contributed by atoms with E-state index in [1.807, 2.05) is 32.9 Å². The maximum absolute atomic E-state index is 9.75. The van der Waals surface area contributed by atoms with Crippen LogP contribution in [-0.2, 0) is 4.74 Å². The second kappa shape index (κ2) is 8.09. The summed E-state index contributed by atoms with van der Waals surface area (Å²) in [4.78, 5) is 0. The van der Waals surface area contributed by atoms with Crippen LogP contribution in [0.3, 0.4) is 0 Å². The molecule has 3 N–H and O–H groups in total. The minimum atomic E-state index is -0.671. The maximum Gasteiger partial charge on any atom is 0.161 e. The van der Waals surface area contributed by atoms with E-state index in [9.17, 15) is 5.11 Å². The van der Waals surface area contributed by atoms with E-state index in [2.05, 4.69) is 0 Å². The van der Waals surface area contributed by atoms with Gasteiger partial charge in [0.05, 0.1) is 19.8 Å². The van der Waals surface area contributed by atoms with E-state index in [1.54, 1.807) is 13.2 Å². The number of methoxy groups -OCH3 is 1. The molecule has 0 bridgehead atoms. The average molecular weight is 283 g/mol. The lowest BCUT2D eigenvalue weighted by Gasteiger charge is -2.17. The van der Waals surface area contributed by atoms with Gasteiger partial charge in [0.25, 0.3) is 0 Å². The highest BCUT2D eigenvalue weighted by atomic mass is 16.5. The molecule has 0 aliphatic carbocycles. The van der Waals surface area contributed by atoms with E-state index in [0.29, 0.717) is 11.5 Å². The molecule has 1 unspecified atom stereocenters. The fourth-order valence-electron chi connectivity index (χ4n) is 1.62. The molecule has 1 rings (SSSR count). The zero-order valence-corrected chi connectivity index (χ0v) is 12.6. The second-order valence-corrected chi connectivity index (χ2v) is 5.05. The fourth-order valence-corrected chi connectivity index (χ4v) is 1.62. The Morgan fingerprint density at radius 3 is 2.40 bits per heavy atom. The number of ether oxygens (including phenoxy) is 3. The monoisotopic (exact) mass is 283 g/mol. The van der Waals surface area contributed by atoms with Crippen LogP contribution in [0, 0.1) is 0 Å². The van der Waals surface area contributed by atoms with Gasteiger partial charge in [-0.15, -0.1) is 0 Å². The van der Waals surface area contributed by atoms with Crippen LogP contribution < -0.4 is 15.2 Å². The van der Waals surface area contributed by atoms with Crippen molar-refractivity contribution < 1.29 is 19.3 Å². The molecule has 0 saturated heterocycles. The van der Waals surface area contributed by atoms with Crippen molar-refractivity contribution in [1.82, 2.24) is 0 Å². The van der Waals surface area contributed by atoms with E-state index in [0.717, 1.165) is 5.56 Å². The van der Waals surface area contributed by atoms with Crippen LogP contribution in [-0.4, -0.2) is 37.6 Å². The van der Waals surface area contributed by atoms with Gasteiger partial charge in [-0.05, 0) is 38.5 Å². The van der Waals surface area contributed by atoms with Crippen molar-refractivity contribution in [2.45, 2.75) is 39.0 Å². The molecule has 0 amide bonds. The molecule has 0 aliphatic rings. The van der Waals surface area contributed by atoms with Gasteiger partial charge in [-0.3, -0.25) is 0 Å². The van der Waals surface area contributed by atoms with Gasteiger partial charge in [-0.2, -0.15) is 0 Å². The normalized spacial score (nSPS) is 14.2. The highest BCUT2D eigenvalue weighted by molar-refractivity contribution is 5.43. The Balaban J connectivity index is 2.59. The zero-order valence-electron chi connectivity index (χ0n) is 12.6. The molecule has 0 fully saturated rings. The number of hydrogen-bond donors (Lipinski definition) is 2. The molecule has 2 atom stereocenters. The third-order valence-corrected chi connectivity index (χ3v) is 2.77. The second-order valence-electron chi connectivity index (χ2n) is 5.05. The smallest absolute Gasteiger partial charge is 0.161 e. The lowest BCUT2D eigenvalue weighted by molar-refractivity contribution is -0.0125. The largest absolute Gasteiger partial charge is 0.493 e. The first kappa shape index (κ1) is 16.8. The van der Waals surface area contributed by atoms with Crippen molar-refractivity contribution in [2.24, 2.45) is 5.73 Å². The van der Waals surface area contributed by atoms with Crippen molar-refractivity contribution in [2.75, 3.05) is 20.3 Å². The number of nitrogens with two attached hydrogens (primary N) is 1. The molecule has 5 heteroatoms. The molecule has 114 valence electrons. The molecule has 1 aromatic carbocycles. The number of aliphatic hydroxyl groups excluding tert-OH is 1. The molecule has 0 aromatic heterocycles. The summed E-state index contributed by atoms with van der Waals surface area (Å²) in [7, 11) is 1.57. The van der Waals surface area contributed by atoms with Crippen molar-refractivity contribution in [1.29, 1.82) is 0 Å². The number of hydrogen-bond acceptors (Lipinski definition) is 5. The van der Waals surface area contributed by atoms with E-state index in [1.165, 1.54) is 0 Å². The minimum Gasteiger partial charge on any atom is -0.493 e. The molecule has 5 nitrogen and oxygen atoms in total. The summed E-state index contributed by atoms with van der Waals surface area (Å²) in [5.74, 6) is 1.19. The summed E-state index contributed by atoms with van der Waals surface area (Å²) in [6.45, 7) is 6.15. The van der Waals surface area contributed by atoms with Gasteiger partial charge in [0.2, 0.25) is 0 Å². The molecular weight excluding hydrogens is 258 g/mol. The first-order valence-corrected chi connectivity index (χ1v) is 6.80. The Bertz CT molecular complexity index is 407. The molecule has 0 radical (unpaired) electrons. The summed E-state index contributed by atoms with van der Waals surface area (Å²) in [6.07, 6.45) is -0.584. The standard InChI is InChI=1S/C15H25NO4/c1-10(2)19-8-13(17)9-20-14-6-5-12(11(3)16)7-15(14)18-4/h5-7,10-11,13,17H,8-9,16H2,1-4H3/t11-,13?/m0/s1. The highest BCUT2D eigenvalue weighted by Crippen LogP contribution is 2.29. The van der Waals surface area contributed by atoms with Crippen LogP contribution in [0.15, 0.2) is 18.2 Å². The van der Waals surface area contributed by atoms with Gasteiger partial charge >= 0.3 is 0 Å². The van der Waals surface area contributed by atoms with Gasteiger partial charge in [0.15, 0.2) is 11.5 Å². The summed E-state index contributed by atoms with van der Waals surface area (Å²) < 4.78 is 16.2. The topological polar surface area (TPSA) is 73.9 Å². The number of benzene rings is 1. The van der Waals surface area contributed by atoms with E-state index >= 15 is 0 Å².